The number of nitrogens with one attached hydrogen (secondary N) is 2. The lowest BCUT2D eigenvalue weighted by Gasteiger charge is -2.08. The highest BCUT2D eigenvalue weighted by Gasteiger charge is 2.00. The van der Waals surface area contributed by atoms with Crippen LogP contribution in [-0.4, -0.2) is 19.1 Å². The number of unbranched alkanes of at least 4 members (excludes halogenated alkanes) is 30. The first-order chi connectivity index (χ1) is 19.8. The lowest BCUT2D eigenvalue weighted by atomic mass is 10.0. The number of carbonyl (C=O) groups is 1. The van der Waals surface area contributed by atoms with Crippen LogP contribution in [0, 0.1) is 0 Å². The third-order valence-electron chi connectivity index (χ3n) is 8.63. The summed E-state index contributed by atoms with van der Waals surface area (Å²) in [7, 11) is 0. The van der Waals surface area contributed by atoms with Gasteiger partial charge in [0.2, 0.25) is 0 Å². The van der Waals surface area contributed by atoms with Gasteiger partial charge in [-0.3, -0.25) is 0 Å². The number of hydrogen-bond acceptors (Lipinski definition) is 1. The van der Waals surface area contributed by atoms with Crippen LogP contribution in [0.1, 0.15) is 219 Å². The monoisotopic (exact) mass is 565 g/mol. The summed E-state index contributed by atoms with van der Waals surface area (Å²) < 4.78 is 0. The van der Waals surface area contributed by atoms with Crippen LogP contribution < -0.4 is 10.6 Å². The molecular weight excluding hydrogens is 488 g/mol. The third kappa shape index (κ3) is 35.3. The second-order valence-corrected chi connectivity index (χ2v) is 12.8. The van der Waals surface area contributed by atoms with E-state index in [0.717, 1.165) is 25.9 Å². The molecule has 0 aliphatic rings. The molecule has 0 heterocycles. The Morgan fingerprint density at radius 1 is 0.300 bits per heavy atom. The highest BCUT2D eigenvalue weighted by atomic mass is 16.2. The molecule has 0 rings (SSSR count). The van der Waals surface area contributed by atoms with Crippen LogP contribution >= 0.6 is 0 Å². The van der Waals surface area contributed by atoms with E-state index < -0.39 is 0 Å². The first-order valence-corrected chi connectivity index (χ1v) is 18.8. The number of hydrogen-bond donors (Lipinski definition) is 2. The van der Waals surface area contributed by atoms with Gasteiger partial charge in [0.25, 0.3) is 0 Å². The molecule has 3 heteroatoms. The molecule has 0 aromatic rings. The molecule has 0 aliphatic heterocycles. The van der Waals surface area contributed by atoms with Gasteiger partial charge < -0.3 is 10.6 Å². The average molecular weight is 565 g/mol. The minimum Gasteiger partial charge on any atom is -0.338 e. The van der Waals surface area contributed by atoms with Crippen LogP contribution in [0.15, 0.2) is 0 Å². The van der Waals surface area contributed by atoms with E-state index in [4.69, 9.17) is 0 Å². The van der Waals surface area contributed by atoms with E-state index in [9.17, 15) is 4.79 Å². The maximum absolute atomic E-state index is 11.9. The van der Waals surface area contributed by atoms with Crippen molar-refractivity contribution in [3.05, 3.63) is 0 Å². The molecule has 3 nitrogen and oxygen atoms in total. The van der Waals surface area contributed by atoms with Crippen molar-refractivity contribution in [1.82, 2.24) is 10.6 Å². The average Bonchev–Trinajstić information content (AvgIpc) is 2.96. The van der Waals surface area contributed by atoms with Crippen molar-refractivity contribution in [2.75, 3.05) is 13.1 Å². The van der Waals surface area contributed by atoms with Gasteiger partial charge in [-0.2, -0.15) is 0 Å². The van der Waals surface area contributed by atoms with E-state index in [0.29, 0.717) is 0 Å². The van der Waals surface area contributed by atoms with Gasteiger partial charge in [-0.1, -0.05) is 206 Å². The van der Waals surface area contributed by atoms with Crippen LogP contribution in [0.25, 0.3) is 0 Å². The van der Waals surface area contributed by atoms with E-state index in [1.165, 1.54) is 193 Å². The predicted octanol–water partition coefficient (Wildman–Crippen LogP) is 12.8. The van der Waals surface area contributed by atoms with E-state index in [1.807, 2.05) is 0 Å². The van der Waals surface area contributed by atoms with Gasteiger partial charge in [0.1, 0.15) is 0 Å². The number of urea groups is 1. The van der Waals surface area contributed by atoms with Gasteiger partial charge in [0.15, 0.2) is 0 Å². The molecule has 0 saturated heterocycles. The summed E-state index contributed by atoms with van der Waals surface area (Å²) in [6.45, 7) is 6.23. The van der Waals surface area contributed by atoms with Crippen LogP contribution in [-0.2, 0) is 0 Å². The normalized spacial score (nSPS) is 11.2. The van der Waals surface area contributed by atoms with Gasteiger partial charge in [0.05, 0.1) is 0 Å². The van der Waals surface area contributed by atoms with E-state index in [-0.39, 0.29) is 6.03 Å². The van der Waals surface area contributed by atoms with Crippen molar-refractivity contribution in [1.29, 1.82) is 0 Å². The molecule has 0 atom stereocenters. The minimum atomic E-state index is 0.0286. The summed E-state index contributed by atoms with van der Waals surface area (Å²) in [6.07, 6.45) is 44.4. The summed E-state index contributed by atoms with van der Waals surface area (Å²) in [5.41, 5.74) is 0. The van der Waals surface area contributed by atoms with Gasteiger partial charge in [0, 0.05) is 13.1 Å². The molecule has 0 fully saturated rings. The Labute approximate surface area is 253 Å². The molecule has 0 spiro atoms. The largest absolute Gasteiger partial charge is 0.338 e. The second-order valence-electron chi connectivity index (χ2n) is 12.8. The van der Waals surface area contributed by atoms with Crippen molar-refractivity contribution < 1.29 is 4.79 Å². The molecule has 2 N–H and O–H groups in total. The summed E-state index contributed by atoms with van der Waals surface area (Å²) >= 11 is 0. The molecule has 0 aromatic carbocycles. The van der Waals surface area contributed by atoms with Gasteiger partial charge in [-0.05, 0) is 12.8 Å². The smallest absolute Gasteiger partial charge is 0.314 e. The molecule has 0 aromatic heterocycles. The highest BCUT2D eigenvalue weighted by molar-refractivity contribution is 5.73. The number of amides is 2. The quantitative estimate of drug-likeness (QED) is 0.0750. The molecule has 0 saturated carbocycles. The molecule has 0 bridgehead atoms. The second kappa shape index (κ2) is 36.3. The summed E-state index contributed by atoms with van der Waals surface area (Å²) in [6, 6.07) is 0.0286. The highest BCUT2D eigenvalue weighted by Crippen LogP contribution is 2.15. The predicted molar refractivity (Wildman–Crippen MR) is 180 cm³/mol. The SMILES string of the molecule is CCCCCCCCCCCCCCCCCCCCCCNC(=O)NCCCCCCCCCCCCCC. The zero-order chi connectivity index (χ0) is 29.0. The molecule has 0 radical (unpaired) electrons. The zero-order valence-electron chi connectivity index (χ0n) is 27.9. The van der Waals surface area contributed by atoms with Crippen LogP contribution in [0.3, 0.4) is 0 Å². The van der Waals surface area contributed by atoms with Crippen molar-refractivity contribution in [3.8, 4) is 0 Å². The third-order valence-corrected chi connectivity index (χ3v) is 8.63. The molecule has 0 unspecified atom stereocenters. The standard InChI is InChI=1S/C37H76N2O/c1-3-5-7-9-11-13-15-17-18-19-20-21-22-23-24-26-28-30-32-34-36-39-37(40)38-35-33-31-29-27-25-16-14-12-10-8-6-4-2/h3-36H2,1-2H3,(H2,38,39,40). The lowest BCUT2D eigenvalue weighted by molar-refractivity contribution is 0.240. The van der Waals surface area contributed by atoms with Gasteiger partial charge in [-0.25, -0.2) is 4.79 Å². The maximum atomic E-state index is 11.9. The first kappa shape index (κ1) is 39.3. The Balaban J connectivity index is 3.13. The zero-order valence-corrected chi connectivity index (χ0v) is 27.9. The van der Waals surface area contributed by atoms with E-state index in [2.05, 4.69) is 24.5 Å². The van der Waals surface area contributed by atoms with Crippen molar-refractivity contribution in [3.63, 3.8) is 0 Å². The van der Waals surface area contributed by atoms with Gasteiger partial charge in [-0.15, -0.1) is 0 Å². The van der Waals surface area contributed by atoms with Crippen molar-refractivity contribution in [2.45, 2.75) is 219 Å². The van der Waals surface area contributed by atoms with E-state index >= 15 is 0 Å². The maximum Gasteiger partial charge on any atom is 0.314 e. The van der Waals surface area contributed by atoms with Crippen LogP contribution in [0.4, 0.5) is 4.79 Å². The molecule has 0 aliphatic carbocycles. The fraction of sp³-hybridized carbons (Fsp3) is 0.973. The first-order valence-electron chi connectivity index (χ1n) is 18.8. The van der Waals surface area contributed by atoms with Crippen LogP contribution in [0.5, 0.6) is 0 Å². The number of rotatable bonds is 34. The molecule has 40 heavy (non-hydrogen) atoms. The molecule has 240 valence electrons. The summed E-state index contributed by atoms with van der Waals surface area (Å²) in [5.74, 6) is 0. The molecule has 2 amide bonds. The fourth-order valence-corrected chi connectivity index (χ4v) is 5.81. The number of carbonyl (C=O) groups excluding carboxylic acids is 1. The van der Waals surface area contributed by atoms with E-state index in [1.54, 1.807) is 0 Å². The van der Waals surface area contributed by atoms with Crippen molar-refractivity contribution in [2.24, 2.45) is 0 Å². The Bertz CT molecular complexity index is 467. The Morgan fingerprint density at radius 3 is 0.675 bits per heavy atom. The summed E-state index contributed by atoms with van der Waals surface area (Å²) in [4.78, 5) is 11.9. The topological polar surface area (TPSA) is 41.1 Å². The molecular formula is C37H76N2O. The Morgan fingerprint density at radius 2 is 0.475 bits per heavy atom. The fourth-order valence-electron chi connectivity index (χ4n) is 5.81. The van der Waals surface area contributed by atoms with Gasteiger partial charge >= 0.3 is 6.03 Å². The minimum absolute atomic E-state index is 0.0286. The summed E-state index contributed by atoms with van der Waals surface area (Å²) in [5, 5.41) is 6.07. The Hall–Kier alpha value is -0.730. The lowest BCUT2D eigenvalue weighted by Crippen LogP contribution is -2.36. The Kier molecular flexibility index (Phi) is 35.6. The van der Waals surface area contributed by atoms with Crippen molar-refractivity contribution >= 4 is 6.03 Å². The van der Waals surface area contributed by atoms with Crippen LogP contribution in [0.2, 0.25) is 0 Å².